The molecule has 2 N–H and O–H groups in total. The Balaban J connectivity index is 1.69. The highest BCUT2D eigenvalue weighted by Crippen LogP contribution is 2.40. The number of fused-ring (bicyclic) bond motifs is 2. The summed E-state index contributed by atoms with van der Waals surface area (Å²) in [5.41, 5.74) is 0.676. The summed E-state index contributed by atoms with van der Waals surface area (Å²) < 4.78 is 15.9. The Morgan fingerprint density at radius 1 is 1.19 bits per heavy atom. The van der Waals surface area contributed by atoms with Gasteiger partial charge < -0.3 is 15.3 Å². The lowest BCUT2D eigenvalue weighted by atomic mass is 9.85. The van der Waals surface area contributed by atoms with Crippen molar-refractivity contribution in [2.45, 2.75) is 25.8 Å². The summed E-state index contributed by atoms with van der Waals surface area (Å²) in [7, 11) is 1.55. The first-order chi connectivity index (χ1) is 17.2. The number of benzene rings is 1. The highest BCUT2D eigenvalue weighted by atomic mass is 19.1. The number of halogens is 1. The molecule has 0 atom stereocenters. The molecule has 0 bridgehead atoms. The van der Waals surface area contributed by atoms with E-state index in [0.717, 1.165) is 0 Å². The monoisotopic (exact) mass is 489 g/mol. The van der Waals surface area contributed by atoms with E-state index < -0.39 is 11.3 Å². The van der Waals surface area contributed by atoms with Crippen molar-refractivity contribution in [2.24, 2.45) is 0 Å². The molecule has 0 fully saturated rings. The van der Waals surface area contributed by atoms with Crippen molar-refractivity contribution in [3.63, 3.8) is 0 Å². The van der Waals surface area contributed by atoms with E-state index in [2.05, 4.69) is 25.4 Å². The van der Waals surface area contributed by atoms with E-state index in [0.29, 0.717) is 27.9 Å². The fraction of sp³-hybridized carbons (Fsp3) is 0.280. The second kappa shape index (κ2) is 8.76. The molecule has 10 nitrogen and oxygen atoms in total. The number of carbonyl (C=O) groups is 2. The van der Waals surface area contributed by atoms with Crippen LogP contribution in [0.15, 0.2) is 42.6 Å². The number of nitrogens with one attached hydrogen (secondary N) is 1. The molecule has 1 aliphatic rings. The number of rotatable bonds is 6. The lowest BCUT2D eigenvalue weighted by molar-refractivity contribution is -0.119. The van der Waals surface area contributed by atoms with Crippen molar-refractivity contribution >= 4 is 28.7 Å². The average molecular weight is 490 g/mol. The zero-order valence-electron chi connectivity index (χ0n) is 20.0. The lowest BCUT2D eigenvalue weighted by Gasteiger charge is -2.21. The molecule has 4 heterocycles. The Morgan fingerprint density at radius 3 is 2.72 bits per heavy atom. The predicted molar refractivity (Wildman–Crippen MR) is 130 cm³/mol. The SMILES string of the molecule is CN(CCO)C(=O)c1nc(-c2nn(Cc3ccccc3F)c3ncccc23)nc2c1C(C)(C)C(=O)N2. The van der Waals surface area contributed by atoms with E-state index in [1.54, 1.807) is 62.1 Å². The van der Waals surface area contributed by atoms with Crippen LogP contribution >= 0.6 is 0 Å². The molecule has 0 saturated carbocycles. The third-order valence-corrected chi connectivity index (χ3v) is 6.32. The minimum absolute atomic E-state index is 0.0509. The molecule has 5 rings (SSSR count). The third-order valence-electron chi connectivity index (χ3n) is 6.32. The van der Waals surface area contributed by atoms with Gasteiger partial charge in [-0.05, 0) is 32.0 Å². The number of aliphatic hydroxyl groups excluding tert-OH is 1. The van der Waals surface area contributed by atoms with E-state index in [4.69, 9.17) is 0 Å². The Hall–Kier alpha value is -4.25. The number of hydrogen-bond acceptors (Lipinski definition) is 7. The van der Waals surface area contributed by atoms with Gasteiger partial charge in [-0.3, -0.25) is 9.59 Å². The predicted octanol–water partition coefficient (Wildman–Crippen LogP) is 2.37. The molecule has 0 aliphatic carbocycles. The van der Waals surface area contributed by atoms with Crippen molar-refractivity contribution in [3.8, 4) is 11.5 Å². The molecule has 3 aromatic heterocycles. The zero-order valence-corrected chi connectivity index (χ0v) is 20.0. The van der Waals surface area contributed by atoms with Gasteiger partial charge in [0, 0.05) is 30.9 Å². The molecule has 11 heteroatoms. The van der Waals surface area contributed by atoms with Crippen molar-refractivity contribution in [1.29, 1.82) is 0 Å². The molecule has 184 valence electrons. The Kier molecular flexibility index (Phi) is 5.71. The van der Waals surface area contributed by atoms with E-state index in [1.807, 2.05) is 0 Å². The lowest BCUT2D eigenvalue weighted by Crippen LogP contribution is -2.34. The van der Waals surface area contributed by atoms with Crippen LogP contribution in [0, 0.1) is 5.82 Å². The molecular weight excluding hydrogens is 465 g/mol. The number of carbonyl (C=O) groups excluding carboxylic acids is 2. The summed E-state index contributed by atoms with van der Waals surface area (Å²) in [5, 5.41) is 17.3. The Labute approximate surface area is 205 Å². The van der Waals surface area contributed by atoms with Crippen LogP contribution in [0.25, 0.3) is 22.6 Å². The van der Waals surface area contributed by atoms with Gasteiger partial charge in [0.15, 0.2) is 11.5 Å². The molecule has 0 spiro atoms. The van der Waals surface area contributed by atoms with Crippen LogP contribution in [0.5, 0.6) is 0 Å². The second-order valence-corrected chi connectivity index (χ2v) is 9.12. The average Bonchev–Trinajstić information content (AvgIpc) is 3.33. The number of aromatic nitrogens is 5. The van der Waals surface area contributed by atoms with Crippen LogP contribution in [-0.2, 0) is 16.8 Å². The Bertz CT molecular complexity index is 1520. The highest BCUT2D eigenvalue weighted by Gasteiger charge is 2.44. The van der Waals surface area contributed by atoms with Gasteiger partial charge in [-0.15, -0.1) is 0 Å². The van der Waals surface area contributed by atoms with Crippen LogP contribution in [0.4, 0.5) is 10.2 Å². The summed E-state index contributed by atoms with van der Waals surface area (Å²) in [4.78, 5) is 40.9. The maximum Gasteiger partial charge on any atom is 0.272 e. The van der Waals surface area contributed by atoms with Gasteiger partial charge in [0.05, 0.1) is 24.0 Å². The van der Waals surface area contributed by atoms with E-state index in [9.17, 15) is 19.1 Å². The summed E-state index contributed by atoms with van der Waals surface area (Å²) in [5.74, 6) is -0.771. The van der Waals surface area contributed by atoms with Gasteiger partial charge in [-0.1, -0.05) is 18.2 Å². The number of anilines is 1. The number of likely N-dealkylation sites (N-methyl/N-ethyl adjacent to an activating group) is 1. The van der Waals surface area contributed by atoms with Crippen LogP contribution in [0.3, 0.4) is 0 Å². The number of nitrogens with zero attached hydrogens (tertiary/aromatic N) is 6. The molecule has 0 unspecified atom stereocenters. The number of hydrogen-bond donors (Lipinski definition) is 2. The first-order valence-electron chi connectivity index (χ1n) is 11.4. The largest absolute Gasteiger partial charge is 0.395 e. The van der Waals surface area contributed by atoms with Gasteiger partial charge in [0.2, 0.25) is 5.91 Å². The summed E-state index contributed by atoms with van der Waals surface area (Å²) in [6.45, 7) is 3.39. The smallest absolute Gasteiger partial charge is 0.272 e. The minimum Gasteiger partial charge on any atom is -0.395 e. The number of amides is 2. The van der Waals surface area contributed by atoms with Crippen LogP contribution in [0.2, 0.25) is 0 Å². The van der Waals surface area contributed by atoms with Crippen LogP contribution in [-0.4, -0.2) is 66.8 Å². The minimum atomic E-state index is -1.03. The van der Waals surface area contributed by atoms with Gasteiger partial charge in [-0.25, -0.2) is 24.0 Å². The molecule has 1 aliphatic heterocycles. The van der Waals surface area contributed by atoms with Gasteiger partial charge >= 0.3 is 0 Å². The van der Waals surface area contributed by atoms with Gasteiger partial charge in [0.1, 0.15) is 23.0 Å². The van der Waals surface area contributed by atoms with Crippen LogP contribution in [0.1, 0.15) is 35.5 Å². The molecular formula is C25H24FN7O3. The Morgan fingerprint density at radius 2 is 1.97 bits per heavy atom. The zero-order chi connectivity index (χ0) is 25.6. The summed E-state index contributed by atoms with van der Waals surface area (Å²) in [6.07, 6.45) is 1.61. The van der Waals surface area contributed by atoms with Gasteiger partial charge in [-0.2, -0.15) is 5.10 Å². The third kappa shape index (κ3) is 3.77. The maximum atomic E-state index is 14.4. The summed E-state index contributed by atoms with van der Waals surface area (Å²) in [6, 6.07) is 9.94. The van der Waals surface area contributed by atoms with E-state index >= 15 is 0 Å². The fourth-order valence-electron chi connectivity index (χ4n) is 4.29. The second-order valence-electron chi connectivity index (χ2n) is 9.12. The molecule has 4 aromatic rings. The number of pyridine rings is 1. The molecule has 0 radical (unpaired) electrons. The molecule has 1 aromatic carbocycles. The van der Waals surface area contributed by atoms with E-state index in [1.165, 1.54) is 11.0 Å². The molecule has 2 amide bonds. The molecule has 0 saturated heterocycles. The normalized spacial score (nSPS) is 14.1. The standard InChI is InChI=1S/C25H24FN7O3/c1-25(2)17-19(23(35)32(3)11-12-34)28-21(29-20(17)30-24(25)36)18-15-8-6-10-27-22(15)33(31-18)13-14-7-4-5-9-16(14)26/h4-10,34H,11-13H2,1-3H3,(H,28,29,30,36). The van der Waals surface area contributed by atoms with Crippen molar-refractivity contribution in [1.82, 2.24) is 29.6 Å². The number of aliphatic hydroxyl groups is 1. The topological polar surface area (TPSA) is 126 Å². The van der Waals surface area contributed by atoms with Crippen molar-refractivity contribution < 1.29 is 19.1 Å². The van der Waals surface area contributed by atoms with Crippen molar-refractivity contribution in [3.05, 3.63) is 65.2 Å². The summed E-state index contributed by atoms with van der Waals surface area (Å²) >= 11 is 0. The van der Waals surface area contributed by atoms with Gasteiger partial charge in [0.25, 0.3) is 5.91 Å². The van der Waals surface area contributed by atoms with E-state index in [-0.39, 0.29) is 48.8 Å². The first kappa shape index (κ1) is 23.5. The fourth-order valence-corrected chi connectivity index (χ4v) is 4.29. The van der Waals surface area contributed by atoms with Crippen molar-refractivity contribution in [2.75, 3.05) is 25.5 Å². The quantitative estimate of drug-likeness (QED) is 0.426. The molecule has 36 heavy (non-hydrogen) atoms. The highest BCUT2D eigenvalue weighted by molar-refractivity contribution is 6.09. The van der Waals surface area contributed by atoms with Crippen LogP contribution < -0.4 is 5.32 Å². The maximum absolute atomic E-state index is 14.4. The first-order valence-corrected chi connectivity index (χ1v) is 11.4.